The lowest BCUT2D eigenvalue weighted by Crippen LogP contribution is -2.47. The highest BCUT2D eigenvalue weighted by atomic mass is 16.4. The summed E-state index contributed by atoms with van der Waals surface area (Å²) in [6, 6.07) is 7.58. The standard InChI is InChI=1S/C15H17NO4/c17-12-8-6-10(7-9-12)13(15(19)20)16-14(18)11-4-2-1-3-5-11/h1-5,10,13H,6-9H2,(H,16,18)(H,19,20)/t13-/m0/s1. The third-order valence-electron chi connectivity index (χ3n) is 3.65. The molecule has 1 fully saturated rings. The molecule has 0 aromatic heterocycles. The molecule has 5 heteroatoms. The summed E-state index contributed by atoms with van der Waals surface area (Å²) >= 11 is 0. The molecule has 2 rings (SSSR count). The van der Waals surface area contributed by atoms with Gasteiger partial charge in [-0.25, -0.2) is 4.79 Å². The lowest BCUT2D eigenvalue weighted by Gasteiger charge is -2.27. The number of amides is 1. The van der Waals surface area contributed by atoms with Crippen LogP contribution in [0.2, 0.25) is 0 Å². The first-order chi connectivity index (χ1) is 9.58. The van der Waals surface area contributed by atoms with E-state index in [1.165, 1.54) is 0 Å². The predicted molar refractivity (Wildman–Crippen MR) is 72.3 cm³/mol. The zero-order valence-corrected chi connectivity index (χ0v) is 11.0. The molecule has 0 radical (unpaired) electrons. The quantitative estimate of drug-likeness (QED) is 0.874. The second-order valence-electron chi connectivity index (χ2n) is 5.03. The molecule has 1 amide bonds. The topological polar surface area (TPSA) is 83.5 Å². The fourth-order valence-corrected chi connectivity index (χ4v) is 2.49. The van der Waals surface area contributed by atoms with Gasteiger partial charge in [-0.05, 0) is 30.9 Å². The molecule has 0 aliphatic heterocycles. The number of aliphatic carboxylic acids is 1. The van der Waals surface area contributed by atoms with E-state index in [0.29, 0.717) is 31.2 Å². The number of benzene rings is 1. The van der Waals surface area contributed by atoms with E-state index in [1.54, 1.807) is 30.3 Å². The third-order valence-corrected chi connectivity index (χ3v) is 3.65. The van der Waals surface area contributed by atoms with Crippen molar-refractivity contribution in [2.24, 2.45) is 5.92 Å². The van der Waals surface area contributed by atoms with Crippen LogP contribution in [0.15, 0.2) is 30.3 Å². The number of hydrogen-bond donors (Lipinski definition) is 2. The van der Waals surface area contributed by atoms with Crippen LogP contribution in [-0.4, -0.2) is 28.8 Å². The number of Topliss-reactive ketones (excluding diaryl/α,β-unsaturated/α-hetero) is 1. The molecule has 1 aromatic rings. The Balaban J connectivity index is 2.04. The van der Waals surface area contributed by atoms with Gasteiger partial charge < -0.3 is 10.4 Å². The van der Waals surface area contributed by atoms with Crippen LogP contribution in [-0.2, 0) is 9.59 Å². The molecule has 1 aliphatic carbocycles. The predicted octanol–water partition coefficient (Wildman–Crippen LogP) is 1.63. The van der Waals surface area contributed by atoms with E-state index in [4.69, 9.17) is 0 Å². The first-order valence-corrected chi connectivity index (χ1v) is 6.68. The van der Waals surface area contributed by atoms with Gasteiger partial charge in [0.05, 0.1) is 0 Å². The molecule has 1 aliphatic rings. The number of rotatable bonds is 4. The summed E-state index contributed by atoms with van der Waals surface area (Å²) in [5.41, 5.74) is 0.436. The van der Waals surface area contributed by atoms with Crippen molar-refractivity contribution in [1.82, 2.24) is 5.32 Å². The van der Waals surface area contributed by atoms with Gasteiger partial charge in [0.25, 0.3) is 5.91 Å². The highest BCUT2D eigenvalue weighted by Gasteiger charge is 2.32. The van der Waals surface area contributed by atoms with Crippen molar-refractivity contribution in [2.75, 3.05) is 0 Å². The molecule has 20 heavy (non-hydrogen) atoms. The van der Waals surface area contributed by atoms with Crippen molar-refractivity contribution >= 4 is 17.7 Å². The second-order valence-corrected chi connectivity index (χ2v) is 5.03. The Hall–Kier alpha value is -2.17. The molecule has 106 valence electrons. The smallest absolute Gasteiger partial charge is 0.326 e. The van der Waals surface area contributed by atoms with E-state index >= 15 is 0 Å². The Morgan fingerprint density at radius 1 is 1.15 bits per heavy atom. The van der Waals surface area contributed by atoms with Crippen LogP contribution in [0.4, 0.5) is 0 Å². The molecule has 1 atom stereocenters. The second kappa shape index (κ2) is 6.32. The van der Waals surface area contributed by atoms with Gasteiger partial charge >= 0.3 is 5.97 Å². The van der Waals surface area contributed by atoms with Gasteiger partial charge in [0.1, 0.15) is 11.8 Å². The summed E-state index contributed by atoms with van der Waals surface area (Å²) < 4.78 is 0. The van der Waals surface area contributed by atoms with E-state index in [2.05, 4.69) is 5.32 Å². The van der Waals surface area contributed by atoms with Crippen molar-refractivity contribution in [1.29, 1.82) is 0 Å². The van der Waals surface area contributed by atoms with Crippen LogP contribution in [0.1, 0.15) is 36.0 Å². The molecule has 0 saturated heterocycles. The number of hydrogen-bond acceptors (Lipinski definition) is 3. The van der Waals surface area contributed by atoms with Crippen LogP contribution >= 0.6 is 0 Å². The normalized spacial score (nSPS) is 17.5. The maximum atomic E-state index is 12.0. The highest BCUT2D eigenvalue weighted by molar-refractivity contribution is 5.96. The fraction of sp³-hybridized carbons (Fsp3) is 0.400. The third kappa shape index (κ3) is 3.44. The van der Waals surface area contributed by atoms with Crippen molar-refractivity contribution in [2.45, 2.75) is 31.7 Å². The van der Waals surface area contributed by atoms with Gasteiger partial charge in [-0.2, -0.15) is 0 Å². The Labute approximate surface area is 117 Å². The van der Waals surface area contributed by atoms with E-state index in [1.807, 2.05) is 0 Å². The van der Waals surface area contributed by atoms with Gasteiger partial charge in [0.2, 0.25) is 0 Å². The number of carbonyl (C=O) groups excluding carboxylic acids is 2. The Bertz CT molecular complexity index is 502. The molecule has 0 spiro atoms. The molecule has 1 aromatic carbocycles. The number of carboxylic acid groups (broad SMARTS) is 1. The maximum Gasteiger partial charge on any atom is 0.326 e. The van der Waals surface area contributed by atoms with Crippen molar-refractivity contribution in [3.05, 3.63) is 35.9 Å². The minimum Gasteiger partial charge on any atom is -0.480 e. The lowest BCUT2D eigenvalue weighted by molar-refractivity contribution is -0.141. The van der Waals surface area contributed by atoms with E-state index in [9.17, 15) is 19.5 Å². The molecule has 1 saturated carbocycles. The molecule has 0 heterocycles. The van der Waals surface area contributed by atoms with Crippen molar-refractivity contribution in [3.8, 4) is 0 Å². The summed E-state index contributed by atoms with van der Waals surface area (Å²) in [5.74, 6) is -1.46. The zero-order valence-electron chi connectivity index (χ0n) is 11.0. The summed E-state index contributed by atoms with van der Waals surface area (Å²) in [4.78, 5) is 34.6. The average molecular weight is 275 g/mol. The van der Waals surface area contributed by atoms with Crippen LogP contribution in [0, 0.1) is 5.92 Å². The van der Waals surface area contributed by atoms with Crippen molar-refractivity contribution < 1.29 is 19.5 Å². The van der Waals surface area contributed by atoms with Crippen molar-refractivity contribution in [3.63, 3.8) is 0 Å². The SMILES string of the molecule is O=C1CCC([C@H](NC(=O)c2ccccc2)C(=O)O)CC1. The minimum absolute atomic E-state index is 0.166. The van der Waals surface area contributed by atoms with Crippen LogP contribution in [0.25, 0.3) is 0 Å². The Kier molecular flexibility index (Phi) is 4.50. The van der Waals surface area contributed by atoms with E-state index < -0.39 is 17.9 Å². The largest absolute Gasteiger partial charge is 0.480 e. The van der Waals surface area contributed by atoms with Gasteiger partial charge in [0.15, 0.2) is 0 Å². The van der Waals surface area contributed by atoms with Gasteiger partial charge in [-0.15, -0.1) is 0 Å². The molecule has 0 unspecified atom stereocenters. The number of carboxylic acids is 1. The summed E-state index contributed by atoms with van der Waals surface area (Å²) in [6.07, 6.45) is 1.83. The first-order valence-electron chi connectivity index (χ1n) is 6.68. The van der Waals surface area contributed by atoms with Crippen LogP contribution in [0.3, 0.4) is 0 Å². The molecular formula is C15H17NO4. The zero-order chi connectivity index (χ0) is 14.5. The Morgan fingerprint density at radius 2 is 1.75 bits per heavy atom. The fourth-order valence-electron chi connectivity index (χ4n) is 2.49. The van der Waals surface area contributed by atoms with Gasteiger partial charge in [-0.1, -0.05) is 18.2 Å². The van der Waals surface area contributed by atoms with Gasteiger partial charge in [-0.3, -0.25) is 9.59 Å². The maximum absolute atomic E-state index is 12.0. The van der Waals surface area contributed by atoms with Crippen LogP contribution < -0.4 is 5.32 Å². The Morgan fingerprint density at radius 3 is 2.30 bits per heavy atom. The number of nitrogens with one attached hydrogen (secondary N) is 1. The first kappa shape index (κ1) is 14.2. The van der Waals surface area contributed by atoms with E-state index in [-0.39, 0.29) is 11.7 Å². The van der Waals surface area contributed by atoms with E-state index in [0.717, 1.165) is 0 Å². The molecule has 0 bridgehead atoms. The molecular weight excluding hydrogens is 258 g/mol. The summed E-state index contributed by atoms with van der Waals surface area (Å²) in [6.45, 7) is 0. The molecule has 2 N–H and O–H groups in total. The highest BCUT2D eigenvalue weighted by Crippen LogP contribution is 2.25. The molecule has 5 nitrogen and oxygen atoms in total. The van der Waals surface area contributed by atoms with Gasteiger partial charge in [0, 0.05) is 18.4 Å². The lowest BCUT2D eigenvalue weighted by atomic mass is 9.83. The number of ketones is 1. The van der Waals surface area contributed by atoms with Crippen LogP contribution in [0.5, 0.6) is 0 Å². The summed E-state index contributed by atoms with van der Waals surface area (Å²) in [7, 11) is 0. The average Bonchev–Trinajstić information content (AvgIpc) is 2.46. The monoisotopic (exact) mass is 275 g/mol. The number of carbonyl (C=O) groups is 3. The summed E-state index contributed by atoms with van der Waals surface area (Å²) in [5, 5.41) is 11.9. The minimum atomic E-state index is -1.05.